The molecule has 0 amide bonds. The summed E-state index contributed by atoms with van der Waals surface area (Å²) in [6.07, 6.45) is 0. The summed E-state index contributed by atoms with van der Waals surface area (Å²) in [5, 5.41) is 4.27. The van der Waals surface area contributed by atoms with E-state index >= 15 is 0 Å². The maximum Gasteiger partial charge on any atom is 0.245 e. The second-order valence-electron chi connectivity index (χ2n) is 4.16. The molecule has 2 aromatic heterocycles. The van der Waals surface area contributed by atoms with E-state index < -0.39 is 0 Å². The van der Waals surface area contributed by atoms with Crippen LogP contribution in [0, 0.1) is 6.92 Å². The number of halogens is 1. The lowest BCUT2D eigenvalue weighted by Gasteiger charge is -1.95. The van der Waals surface area contributed by atoms with Crippen LogP contribution in [-0.2, 0) is 7.05 Å². The molecule has 0 bridgehead atoms. The number of anilines is 1. The van der Waals surface area contributed by atoms with Gasteiger partial charge in [0.2, 0.25) is 5.89 Å². The van der Waals surface area contributed by atoms with Gasteiger partial charge in [0.1, 0.15) is 11.2 Å². The molecule has 0 spiro atoms. The van der Waals surface area contributed by atoms with Crippen LogP contribution in [0.1, 0.15) is 5.69 Å². The van der Waals surface area contributed by atoms with Crippen molar-refractivity contribution in [3.05, 3.63) is 28.4 Å². The average Bonchev–Trinajstić information content (AvgIpc) is 2.81. The SMILES string of the molecule is Cc1cc(-c2nc3cc(Br)cc(N)c3o2)n(C)n1. The number of hydrogen-bond donors (Lipinski definition) is 1. The van der Waals surface area contributed by atoms with Crippen LogP contribution in [0.25, 0.3) is 22.7 Å². The highest BCUT2D eigenvalue weighted by molar-refractivity contribution is 9.10. The first-order valence-corrected chi connectivity index (χ1v) is 6.20. The fourth-order valence-electron chi connectivity index (χ4n) is 1.94. The highest BCUT2D eigenvalue weighted by Crippen LogP contribution is 2.30. The molecule has 2 N–H and O–H groups in total. The Labute approximate surface area is 112 Å². The fraction of sp³-hybridized carbons (Fsp3) is 0.167. The minimum absolute atomic E-state index is 0.526. The van der Waals surface area contributed by atoms with Gasteiger partial charge in [-0.3, -0.25) is 4.68 Å². The maximum atomic E-state index is 5.91. The Bertz CT molecular complexity index is 744. The van der Waals surface area contributed by atoms with Gasteiger partial charge in [-0.05, 0) is 25.1 Å². The number of nitrogens with zero attached hydrogens (tertiary/aromatic N) is 3. The fourth-order valence-corrected chi connectivity index (χ4v) is 2.41. The molecule has 6 heteroatoms. The number of benzene rings is 1. The summed E-state index contributed by atoms with van der Waals surface area (Å²) in [4.78, 5) is 4.44. The van der Waals surface area contributed by atoms with Crippen LogP contribution in [0.5, 0.6) is 0 Å². The molecule has 0 aliphatic carbocycles. The average molecular weight is 307 g/mol. The van der Waals surface area contributed by atoms with Crippen molar-refractivity contribution in [2.45, 2.75) is 6.92 Å². The van der Waals surface area contributed by atoms with Crippen LogP contribution >= 0.6 is 15.9 Å². The number of aryl methyl sites for hydroxylation is 2. The summed E-state index contributed by atoms with van der Waals surface area (Å²) in [5.41, 5.74) is 9.56. The van der Waals surface area contributed by atoms with Gasteiger partial charge in [-0.1, -0.05) is 15.9 Å². The van der Waals surface area contributed by atoms with Gasteiger partial charge in [-0.2, -0.15) is 5.10 Å². The first-order valence-electron chi connectivity index (χ1n) is 5.41. The van der Waals surface area contributed by atoms with E-state index in [1.807, 2.05) is 26.1 Å². The van der Waals surface area contributed by atoms with Crippen LogP contribution in [0.15, 0.2) is 27.1 Å². The molecule has 0 radical (unpaired) electrons. The molecule has 3 rings (SSSR count). The molecule has 0 saturated heterocycles. The van der Waals surface area contributed by atoms with Crippen molar-refractivity contribution in [3.8, 4) is 11.6 Å². The van der Waals surface area contributed by atoms with Gasteiger partial charge in [-0.15, -0.1) is 0 Å². The first kappa shape index (κ1) is 11.3. The number of rotatable bonds is 1. The smallest absolute Gasteiger partial charge is 0.245 e. The van der Waals surface area contributed by atoms with Crippen LogP contribution in [0.4, 0.5) is 5.69 Å². The predicted octanol–water partition coefficient (Wildman–Crippen LogP) is 2.88. The molecular weight excluding hydrogens is 296 g/mol. The molecule has 0 fully saturated rings. The standard InChI is InChI=1S/C12H11BrN4O/c1-6-3-10(17(2)16-6)12-15-9-5-7(13)4-8(14)11(9)18-12/h3-5H,14H2,1-2H3. The van der Waals surface area contributed by atoms with Crippen LogP contribution in [0.2, 0.25) is 0 Å². The summed E-state index contributed by atoms with van der Waals surface area (Å²) < 4.78 is 8.34. The zero-order chi connectivity index (χ0) is 12.9. The lowest BCUT2D eigenvalue weighted by Crippen LogP contribution is -1.93. The Morgan fingerprint density at radius 2 is 2.11 bits per heavy atom. The number of aromatic nitrogens is 3. The molecule has 92 valence electrons. The summed E-state index contributed by atoms with van der Waals surface area (Å²) >= 11 is 3.39. The zero-order valence-corrected chi connectivity index (χ0v) is 11.5. The molecule has 0 saturated carbocycles. The van der Waals surface area contributed by atoms with Crippen molar-refractivity contribution in [3.63, 3.8) is 0 Å². The van der Waals surface area contributed by atoms with Crippen LogP contribution in [0.3, 0.4) is 0 Å². The quantitative estimate of drug-likeness (QED) is 0.702. The maximum absolute atomic E-state index is 5.91. The van der Waals surface area contributed by atoms with E-state index in [0.717, 1.165) is 21.4 Å². The highest BCUT2D eigenvalue weighted by atomic mass is 79.9. The van der Waals surface area contributed by atoms with Gasteiger partial charge < -0.3 is 10.2 Å². The number of fused-ring (bicyclic) bond motifs is 1. The topological polar surface area (TPSA) is 69.9 Å². The zero-order valence-electron chi connectivity index (χ0n) is 9.94. The minimum atomic E-state index is 0.526. The van der Waals surface area contributed by atoms with Crippen molar-refractivity contribution >= 4 is 32.7 Å². The van der Waals surface area contributed by atoms with Gasteiger partial charge in [0.05, 0.1) is 11.4 Å². The second kappa shape index (κ2) is 3.84. The summed E-state index contributed by atoms with van der Waals surface area (Å²) in [7, 11) is 1.86. The number of nitrogens with two attached hydrogens (primary N) is 1. The Balaban J connectivity index is 2.25. The summed E-state index contributed by atoms with van der Waals surface area (Å²) in [5.74, 6) is 0.526. The number of hydrogen-bond acceptors (Lipinski definition) is 4. The second-order valence-corrected chi connectivity index (χ2v) is 5.07. The van der Waals surface area contributed by atoms with Gasteiger partial charge in [0.25, 0.3) is 0 Å². The minimum Gasteiger partial charge on any atom is -0.432 e. The van der Waals surface area contributed by atoms with E-state index in [1.165, 1.54) is 0 Å². The van der Waals surface area contributed by atoms with E-state index in [9.17, 15) is 0 Å². The third-order valence-corrected chi connectivity index (χ3v) is 3.16. The molecule has 5 nitrogen and oxygen atoms in total. The van der Waals surface area contributed by atoms with Crippen molar-refractivity contribution in [1.29, 1.82) is 0 Å². The van der Waals surface area contributed by atoms with E-state index in [4.69, 9.17) is 10.2 Å². The van der Waals surface area contributed by atoms with E-state index in [-0.39, 0.29) is 0 Å². The summed E-state index contributed by atoms with van der Waals surface area (Å²) in [6, 6.07) is 5.60. The molecule has 1 aromatic carbocycles. The van der Waals surface area contributed by atoms with Gasteiger partial charge in [0.15, 0.2) is 5.58 Å². The Morgan fingerprint density at radius 3 is 2.78 bits per heavy atom. The van der Waals surface area contributed by atoms with E-state index in [0.29, 0.717) is 17.2 Å². The monoisotopic (exact) mass is 306 g/mol. The van der Waals surface area contributed by atoms with E-state index in [1.54, 1.807) is 10.7 Å². The normalized spacial score (nSPS) is 11.3. The van der Waals surface area contributed by atoms with E-state index in [2.05, 4.69) is 26.0 Å². The third kappa shape index (κ3) is 1.69. The summed E-state index contributed by atoms with van der Waals surface area (Å²) in [6.45, 7) is 1.93. The molecule has 0 unspecified atom stereocenters. The Kier molecular flexibility index (Phi) is 2.41. The van der Waals surface area contributed by atoms with Crippen molar-refractivity contribution in [2.75, 3.05) is 5.73 Å². The molecule has 18 heavy (non-hydrogen) atoms. The molecule has 0 aliphatic heterocycles. The van der Waals surface area contributed by atoms with Gasteiger partial charge in [0, 0.05) is 11.5 Å². The first-order chi connectivity index (χ1) is 8.54. The number of nitrogen functional groups attached to an aromatic ring is 1. The van der Waals surface area contributed by atoms with Crippen LogP contribution in [-0.4, -0.2) is 14.8 Å². The lowest BCUT2D eigenvalue weighted by molar-refractivity contribution is 0.607. The van der Waals surface area contributed by atoms with Gasteiger partial charge >= 0.3 is 0 Å². The van der Waals surface area contributed by atoms with Crippen molar-refractivity contribution in [1.82, 2.24) is 14.8 Å². The van der Waals surface area contributed by atoms with Gasteiger partial charge in [-0.25, -0.2) is 4.98 Å². The number of oxazole rings is 1. The molecular formula is C12H11BrN4O. The lowest BCUT2D eigenvalue weighted by atomic mass is 10.3. The molecule has 0 aliphatic rings. The molecule has 3 aromatic rings. The van der Waals surface area contributed by atoms with Crippen LogP contribution < -0.4 is 5.73 Å². The Hall–Kier alpha value is -1.82. The Morgan fingerprint density at radius 1 is 1.33 bits per heavy atom. The molecule has 2 heterocycles. The molecule has 0 atom stereocenters. The van der Waals surface area contributed by atoms with Crippen molar-refractivity contribution < 1.29 is 4.42 Å². The third-order valence-electron chi connectivity index (χ3n) is 2.70. The van der Waals surface area contributed by atoms with Crippen molar-refractivity contribution in [2.24, 2.45) is 7.05 Å². The predicted molar refractivity (Wildman–Crippen MR) is 73.1 cm³/mol. The highest BCUT2D eigenvalue weighted by Gasteiger charge is 2.14. The largest absolute Gasteiger partial charge is 0.432 e.